The molecule has 0 spiro atoms. The number of aromatic nitrogens is 2. The van der Waals surface area contributed by atoms with Gasteiger partial charge in [-0.25, -0.2) is 4.98 Å². The first-order valence-corrected chi connectivity index (χ1v) is 7.03. The van der Waals surface area contributed by atoms with Crippen molar-refractivity contribution in [3.05, 3.63) is 66.5 Å². The van der Waals surface area contributed by atoms with Gasteiger partial charge in [-0.05, 0) is 31.2 Å². The Labute approximate surface area is 123 Å². The number of rotatable bonds is 6. The van der Waals surface area contributed by atoms with E-state index in [0.29, 0.717) is 0 Å². The van der Waals surface area contributed by atoms with Crippen molar-refractivity contribution in [1.82, 2.24) is 14.9 Å². The molecule has 0 aromatic carbocycles. The van der Waals surface area contributed by atoms with Crippen LogP contribution >= 0.6 is 0 Å². The molecule has 0 aliphatic rings. The van der Waals surface area contributed by atoms with Gasteiger partial charge in [0, 0.05) is 31.9 Å². The van der Waals surface area contributed by atoms with E-state index in [1.54, 1.807) is 18.7 Å². The minimum Gasteiger partial charge on any atom is -0.469 e. The van der Waals surface area contributed by atoms with Crippen LogP contribution in [0.2, 0.25) is 0 Å². The quantitative estimate of drug-likeness (QED) is 0.756. The molecule has 110 valence electrons. The van der Waals surface area contributed by atoms with Crippen LogP contribution in [-0.4, -0.2) is 15.6 Å². The molecule has 5 heteroatoms. The molecule has 3 aromatic heterocycles. The van der Waals surface area contributed by atoms with Crippen LogP contribution in [0.4, 0.5) is 0 Å². The van der Waals surface area contributed by atoms with Gasteiger partial charge in [-0.3, -0.25) is 5.32 Å². The van der Waals surface area contributed by atoms with Gasteiger partial charge in [0.15, 0.2) is 0 Å². The molecule has 0 saturated carbocycles. The normalized spacial score (nSPS) is 14.2. The minimum absolute atomic E-state index is 0.0787. The van der Waals surface area contributed by atoms with Crippen molar-refractivity contribution in [1.29, 1.82) is 0 Å². The Hall–Kier alpha value is -2.27. The molecule has 2 unspecified atom stereocenters. The zero-order chi connectivity index (χ0) is 14.7. The van der Waals surface area contributed by atoms with E-state index in [-0.39, 0.29) is 12.1 Å². The molecule has 0 radical (unpaired) electrons. The van der Waals surface area contributed by atoms with E-state index in [1.807, 2.05) is 42.1 Å². The smallest absolute Gasteiger partial charge is 0.133 e. The highest BCUT2D eigenvalue weighted by Crippen LogP contribution is 2.22. The Morgan fingerprint density at radius 1 is 1.24 bits per heavy atom. The number of furan rings is 2. The van der Waals surface area contributed by atoms with Crippen molar-refractivity contribution in [3.63, 3.8) is 0 Å². The lowest BCUT2D eigenvalue weighted by atomic mass is 10.1. The molecular formula is C16H19N3O2. The van der Waals surface area contributed by atoms with E-state index >= 15 is 0 Å². The highest BCUT2D eigenvalue weighted by Gasteiger charge is 2.23. The monoisotopic (exact) mass is 285 g/mol. The van der Waals surface area contributed by atoms with Crippen molar-refractivity contribution in [2.75, 3.05) is 0 Å². The summed E-state index contributed by atoms with van der Waals surface area (Å²) < 4.78 is 13.0. The second-order valence-corrected chi connectivity index (χ2v) is 5.20. The summed E-state index contributed by atoms with van der Waals surface area (Å²) in [6, 6.07) is 7.90. The van der Waals surface area contributed by atoms with E-state index in [9.17, 15) is 0 Å². The summed E-state index contributed by atoms with van der Waals surface area (Å²) in [6.07, 6.45) is 7.93. The summed E-state index contributed by atoms with van der Waals surface area (Å²) in [5.74, 6) is 2.75. The number of hydrogen-bond acceptors (Lipinski definition) is 4. The predicted octanol–water partition coefficient (Wildman–Crippen LogP) is 2.92. The van der Waals surface area contributed by atoms with Gasteiger partial charge in [0.2, 0.25) is 0 Å². The summed E-state index contributed by atoms with van der Waals surface area (Å²) in [7, 11) is 1.98. The van der Waals surface area contributed by atoms with Crippen LogP contribution < -0.4 is 5.32 Å². The largest absolute Gasteiger partial charge is 0.469 e. The Kier molecular flexibility index (Phi) is 3.92. The summed E-state index contributed by atoms with van der Waals surface area (Å²) in [5.41, 5.74) is 0. The Morgan fingerprint density at radius 3 is 2.67 bits per heavy atom. The second kappa shape index (κ2) is 6.01. The first kappa shape index (κ1) is 13.7. The molecule has 0 bridgehead atoms. The molecule has 0 amide bonds. The van der Waals surface area contributed by atoms with Gasteiger partial charge in [-0.1, -0.05) is 0 Å². The zero-order valence-corrected chi connectivity index (χ0v) is 12.2. The van der Waals surface area contributed by atoms with Crippen LogP contribution in [0.1, 0.15) is 30.3 Å². The fourth-order valence-electron chi connectivity index (χ4n) is 2.47. The van der Waals surface area contributed by atoms with Crippen LogP contribution in [0.3, 0.4) is 0 Å². The molecule has 2 atom stereocenters. The lowest BCUT2D eigenvalue weighted by Crippen LogP contribution is -2.34. The molecule has 3 aromatic rings. The van der Waals surface area contributed by atoms with Gasteiger partial charge < -0.3 is 13.4 Å². The average molecular weight is 285 g/mol. The van der Waals surface area contributed by atoms with Crippen molar-refractivity contribution in [2.45, 2.75) is 25.4 Å². The van der Waals surface area contributed by atoms with Crippen LogP contribution in [0.5, 0.6) is 0 Å². The van der Waals surface area contributed by atoms with Gasteiger partial charge >= 0.3 is 0 Å². The van der Waals surface area contributed by atoms with E-state index in [1.165, 1.54) is 0 Å². The summed E-state index contributed by atoms with van der Waals surface area (Å²) >= 11 is 0. The van der Waals surface area contributed by atoms with Crippen LogP contribution in [-0.2, 0) is 13.5 Å². The van der Waals surface area contributed by atoms with Crippen molar-refractivity contribution in [2.24, 2.45) is 7.05 Å². The fraction of sp³-hybridized carbons (Fsp3) is 0.312. The average Bonchev–Trinajstić information content (AvgIpc) is 3.18. The number of nitrogens with zero attached hydrogens (tertiary/aromatic N) is 2. The molecule has 1 N–H and O–H groups in total. The molecular weight excluding hydrogens is 266 g/mol. The molecule has 21 heavy (non-hydrogen) atoms. The number of imidazole rings is 1. The van der Waals surface area contributed by atoms with Gasteiger partial charge in [-0.15, -0.1) is 0 Å². The van der Waals surface area contributed by atoms with E-state index in [4.69, 9.17) is 8.83 Å². The van der Waals surface area contributed by atoms with Gasteiger partial charge in [0.1, 0.15) is 23.4 Å². The van der Waals surface area contributed by atoms with Crippen LogP contribution in [0.15, 0.2) is 58.0 Å². The maximum absolute atomic E-state index is 5.57. The topological polar surface area (TPSA) is 56.1 Å². The molecule has 5 nitrogen and oxygen atoms in total. The predicted molar refractivity (Wildman–Crippen MR) is 78.8 cm³/mol. The van der Waals surface area contributed by atoms with E-state index < -0.39 is 0 Å². The third-order valence-corrected chi connectivity index (χ3v) is 3.48. The van der Waals surface area contributed by atoms with Gasteiger partial charge in [0.05, 0.1) is 12.5 Å². The van der Waals surface area contributed by atoms with Crippen LogP contribution in [0.25, 0.3) is 0 Å². The second-order valence-electron chi connectivity index (χ2n) is 5.20. The van der Waals surface area contributed by atoms with E-state index in [0.717, 1.165) is 23.8 Å². The summed E-state index contributed by atoms with van der Waals surface area (Å²) in [5, 5.41) is 3.56. The number of aryl methyl sites for hydroxylation is 1. The first-order chi connectivity index (χ1) is 10.2. The lowest BCUT2D eigenvalue weighted by molar-refractivity contribution is 0.383. The third kappa shape index (κ3) is 3.08. The Bertz CT molecular complexity index is 656. The molecule has 0 saturated heterocycles. The molecule has 0 fully saturated rings. The minimum atomic E-state index is -0.0787. The highest BCUT2D eigenvalue weighted by molar-refractivity contribution is 5.16. The van der Waals surface area contributed by atoms with Crippen molar-refractivity contribution < 1.29 is 8.83 Å². The SMILES string of the molecule is CC(Cc1ccco1)NC(c1ccco1)c1nccn1C. The summed E-state index contributed by atoms with van der Waals surface area (Å²) in [4.78, 5) is 4.44. The highest BCUT2D eigenvalue weighted by atomic mass is 16.3. The van der Waals surface area contributed by atoms with Crippen molar-refractivity contribution in [3.8, 4) is 0 Å². The third-order valence-electron chi connectivity index (χ3n) is 3.48. The molecule has 3 heterocycles. The van der Waals surface area contributed by atoms with Gasteiger partial charge in [-0.2, -0.15) is 0 Å². The number of nitrogens with one attached hydrogen (secondary N) is 1. The Morgan fingerprint density at radius 2 is 2.05 bits per heavy atom. The molecule has 3 rings (SSSR count). The standard InChI is InChI=1S/C16H19N3O2/c1-12(11-13-5-3-9-20-13)18-15(14-6-4-10-21-14)16-17-7-8-19(16)2/h3-10,12,15,18H,11H2,1-2H3. The number of hydrogen-bond donors (Lipinski definition) is 1. The van der Waals surface area contributed by atoms with E-state index in [2.05, 4.69) is 17.2 Å². The molecule has 0 aliphatic carbocycles. The first-order valence-electron chi connectivity index (χ1n) is 7.03. The maximum atomic E-state index is 5.57. The fourth-order valence-corrected chi connectivity index (χ4v) is 2.47. The molecule has 0 aliphatic heterocycles. The lowest BCUT2D eigenvalue weighted by Gasteiger charge is -2.21. The van der Waals surface area contributed by atoms with Crippen molar-refractivity contribution >= 4 is 0 Å². The van der Waals surface area contributed by atoms with Crippen LogP contribution in [0, 0.1) is 0 Å². The van der Waals surface area contributed by atoms with Gasteiger partial charge in [0.25, 0.3) is 0 Å². The maximum Gasteiger partial charge on any atom is 0.133 e. The zero-order valence-electron chi connectivity index (χ0n) is 12.2. The summed E-state index contributed by atoms with van der Waals surface area (Å²) in [6.45, 7) is 2.13. The Balaban J connectivity index is 1.78.